The minimum atomic E-state index is -0.324. The smallest absolute Gasteiger partial charge is 0.262 e. The Morgan fingerprint density at radius 3 is 2.71 bits per heavy atom. The zero-order chi connectivity index (χ0) is 17.9. The lowest BCUT2D eigenvalue weighted by Gasteiger charge is -2.17. The van der Waals surface area contributed by atoms with Gasteiger partial charge in [0.25, 0.3) is 5.56 Å². The minimum absolute atomic E-state index is 0.0526. The van der Waals surface area contributed by atoms with Gasteiger partial charge in [-0.25, -0.2) is 4.98 Å². The van der Waals surface area contributed by atoms with Crippen LogP contribution >= 0.6 is 27.7 Å². The molecule has 0 fully saturated rings. The summed E-state index contributed by atoms with van der Waals surface area (Å²) >= 11 is 4.72. The maximum atomic E-state index is 12.8. The van der Waals surface area contributed by atoms with Gasteiger partial charge in [-0.05, 0) is 45.4 Å². The summed E-state index contributed by atoms with van der Waals surface area (Å²) in [5.41, 5.74) is 0.580. The molecule has 2 rings (SSSR count). The van der Waals surface area contributed by atoms with E-state index in [-0.39, 0.29) is 22.8 Å². The first-order valence-corrected chi connectivity index (χ1v) is 9.67. The molecule has 7 heteroatoms. The van der Waals surface area contributed by atoms with E-state index in [9.17, 15) is 9.59 Å². The second-order valence-electron chi connectivity index (χ2n) is 5.94. The normalized spacial score (nSPS) is 12.6. The van der Waals surface area contributed by atoms with E-state index in [1.807, 2.05) is 39.8 Å². The number of nitrogens with one attached hydrogen (secondary N) is 1. The molecule has 0 saturated heterocycles. The Kier molecular flexibility index (Phi) is 6.46. The van der Waals surface area contributed by atoms with Crippen LogP contribution in [0.25, 0.3) is 10.9 Å². The molecule has 5 nitrogen and oxygen atoms in total. The van der Waals surface area contributed by atoms with Gasteiger partial charge >= 0.3 is 0 Å². The first-order valence-electron chi connectivity index (χ1n) is 8.00. The minimum Gasteiger partial charge on any atom is -0.353 e. The van der Waals surface area contributed by atoms with Gasteiger partial charge in [-0.3, -0.25) is 14.2 Å². The lowest BCUT2D eigenvalue weighted by Crippen LogP contribution is -2.36. The Labute approximate surface area is 154 Å². The highest BCUT2D eigenvalue weighted by molar-refractivity contribution is 9.10. The Bertz CT molecular complexity index is 804. The molecule has 24 heavy (non-hydrogen) atoms. The third kappa shape index (κ3) is 4.39. The molecule has 0 aliphatic heterocycles. The highest BCUT2D eigenvalue weighted by Gasteiger charge is 2.19. The first-order chi connectivity index (χ1) is 11.3. The molecular formula is C17H22BrN3O2S. The van der Waals surface area contributed by atoms with Crippen LogP contribution in [0.4, 0.5) is 0 Å². The van der Waals surface area contributed by atoms with Gasteiger partial charge in [-0.15, -0.1) is 0 Å². The molecule has 130 valence electrons. The van der Waals surface area contributed by atoms with E-state index >= 15 is 0 Å². The van der Waals surface area contributed by atoms with Crippen molar-refractivity contribution in [1.29, 1.82) is 0 Å². The molecule has 0 unspecified atom stereocenters. The van der Waals surface area contributed by atoms with Crippen LogP contribution in [0.15, 0.2) is 32.6 Å². The van der Waals surface area contributed by atoms with Crippen LogP contribution in [-0.2, 0) is 11.3 Å². The van der Waals surface area contributed by atoms with Crippen molar-refractivity contribution in [2.75, 3.05) is 0 Å². The number of amides is 1. The lowest BCUT2D eigenvalue weighted by atomic mass is 10.2. The maximum Gasteiger partial charge on any atom is 0.262 e. The molecule has 0 spiro atoms. The number of thioether (sulfide) groups is 1. The Hall–Kier alpha value is -1.34. The molecule has 1 aromatic carbocycles. The summed E-state index contributed by atoms with van der Waals surface area (Å²) in [5.74, 6) is -0.0526. The molecule has 2 aromatic rings. The number of carbonyl (C=O) groups excluding carboxylic acids is 1. The number of nitrogens with zero attached hydrogens (tertiary/aromatic N) is 2. The monoisotopic (exact) mass is 411 g/mol. The Morgan fingerprint density at radius 1 is 1.38 bits per heavy atom. The van der Waals surface area contributed by atoms with E-state index in [2.05, 4.69) is 26.2 Å². The van der Waals surface area contributed by atoms with Crippen molar-refractivity contribution in [2.45, 2.75) is 57.1 Å². The SMILES string of the molecule is CCCn1c(S[C@H](C)C(=O)NC(C)C)nc2ccc(Br)cc2c1=O. The van der Waals surface area contributed by atoms with Crippen LogP contribution in [0.1, 0.15) is 34.1 Å². The van der Waals surface area contributed by atoms with Crippen LogP contribution in [0.5, 0.6) is 0 Å². The van der Waals surface area contributed by atoms with Crippen molar-refractivity contribution in [3.05, 3.63) is 33.0 Å². The summed E-state index contributed by atoms with van der Waals surface area (Å²) < 4.78 is 2.51. The zero-order valence-corrected chi connectivity index (χ0v) is 16.7. The number of rotatable bonds is 6. The fraction of sp³-hybridized carbons (Fsp3) is 0.471. The van der Waals surface area contributed by atoms with E-state index in [0.29, 0.717) is 22.6 Å². The van der Waals surface area contributed by atoms with Crippen LogP contribution < -0.4 is 10.9 Å². The Morgan fingerprint density at radius 2 is 2.08 bits per heavy atom. The van der Waals surface area contributed by atoms with Crippen molar-refractivity contribution in [2.24, 2.45) is 0 Å². The van der Waals surface area contributed by atoms with Gasteiger partial charge < -0.3 is 5.32 Å². The number of aromatic nitrogens is 2. The molecule has 0 saturated carbocycles. The van der Waals surface area contributed by atoms with Crippen molar-refractivity contribution in [3.8, 4) is 0 Å². The molecule has 1 amide bonds. The van der Waals surface area contributed by atoms with Gasteiger partial charge in [0.05, 0.1) is 16.2 Å². The molecule has 1 N–H and O–H groups in total. The molecule has 0 radical (unpaired) electrons. The van der Waals surface area contributed by atoms with E-state index < -0.39 is 0 Å². The van der Waals surface area contributed by atoms with Gasteiger partial charge in [0, 0.05) is 17.1 Å². The largest absolute Gasteiger partial charge is 0.353 e. The Balaban J connectivity index is 2.45. The predicted molar refractivity (Wildman–Crippen MR) is 103 cm³/mol. The molecule has 0 aliphatic rings. The summed E-state index contributed by atoms with van der Waals surface area (Å²) in [6, 6.07) is 5.56. The van der Waals surface area contributed by atoms with E-state index in [1.165, 1.54) is 11.8 Å². The number of fused-ring (bicyclic) bond motifs is 1. The number of hydrogen-bond acceptors (Lipinski definition) is 4. The van der Waals surface area contributed by atoms with Gasteiger partial charge in [-0.1, -0.05) is 34.6 Å². The fourth-order valence-corrected chi connectivity index (χ4v) is 3.60. The summed E-state index contributed by atoms with van der Waals surface area (Å²) in [7, 11) is 0. The third-order valence-electron chi connectivity index (χ3n) is 3.41. The second-order valence-corrected chi connectivity index (χ2v) is 8.16. The van der Waals surface area contributed by atoms with Gasteiger partial charge in [-0.2, -0.15) is 0 Å². The molecule has 1 atom stereocenters. The molecule has 0 aliphatic carbocycles. The van der Waals surface area contributed by atoms with Crippen molar-refractivity contribution in [3.63, 3.8) is 0 Å². The summed E-state index contributed by atoms with van der Waals surface area (Å²) in [6.45, 7) is 8.27. The fourth-order valence-electron chi connectivity index (χ4n) is 2.30. The highest BCUT2D eigenvalue weighted by atomic mass is 79.9. The van der Waals surface area contributed by atoms with Crippen LogP contribution in [0.3, 0.4) is 0 Å². The molecule has 1 aromatic heterocycles. The molecule has 1 heterocycles. The van der Waals surface area contributed by atoms with Crippen molar-refractivity contribution < 1.29 is 4.79 Å². The van der Waals surface area contributed by atoms with E-state index in [1.54, 1.807) is 10.6 Å². The third-order valence-corrected chi connectivity index (χ3v) is 4.99. The van der Waals surface area contributed by atoms with Crippen LogP contribution in [0, 0.1) is 0 Å². The first kappa shape index (κ1) is 19.0. The molecule has 0 bridgehead atoms. The van der Waals surface area contributed by atoms with Crippen molar-refractivity contribution in [1.82, 2.24) is 14.9 Å². The summed E-state index contributed by atoms with van der Waals surface area (Å²) in [6.07, 6.45) is 0.821. The predicted octanol–water partition coefficient (Wildman–Crippen LogP) is 3.57. The average Bonchev–Trinajstić information content (AvgIpc) is 2.51. The zero-order valence-electron chi connectivity index (χ0n) is 14.3. The number of benzene rings is 1. The maximum absolute atomic E-state index is 12.8. The number of carbonyl (C=O) groups is 1. The summed E-state index contributed by atoms with van der Waals surface area (Å²) in [4.78, 5) is 29.6. The van der Waals surface area contributed by atoms with Gasteiger partial charge in [0.1, 0.15) is 0 Å². The number of halogens is 1. The highest BCUT2D eigenvalue weighted by Crippen LogP contribution is 2.24. The van der Waals surface area contributed by atoms with Crippen molar-refractivity contribution >= 4 is 44.5 Å². The van der Waals surface area contributed by atoms with Crippen LogP contribution in [-0.4, -0.2) is 26.8 Å². The standard InChI is InChI=1S/C17H22BrN3O2S/c1-5-8-21-16(23)13-9-12(18)6-7-14(13)20-17(21)24-11(4)15(22)19-10(2)3/h6-7,9-11H,5,8H2,1-4H3,(H,19,22)/t11-/m1/s1. The van der Waals surface area contributed by atoms with Gasteiger partial charge in [0.2, 0.25) is 5.91 Å². The van der Waals surface area contributed by atoms with Crippen LogP contribution in [0.2, 0.25) is 0 Å². The molecular weight excluding hydrogens is 390 g/mol. The summed E-state index contributed by atoms with van der Waals surface area (Å²) in [5, 5.41) is 3.74. The number of hydrogen-bond donors (Lipinski definition) is 1. The second kappa shape index (κ2) is 8.16. The van der Waals surface area contributed by atoms with E-state index in [0.717, 1.165) is 10.9 Å². The van der Waals surface area contributed by atoms with Gasteiger partial charge in [0.15, 0.2) is 5.16 Å². The average molecular weight is 412 g/mol. The van der Waals surface area contributed by atoms with E-state index in [4.69, 9.17) is 0 Å². The quantitative estimate of drug-likeness (QED) is 0.582. The topological polar surface area (TPSA) is 64.0 Å². The lowest BCUT2D eigenvalue weighted by molar-refractivity contribution is -0.120.